The largest absolute Gasteiger partial charge is 0.334 e. The Hall–Kier alpha value is -2.11. The van der Waals surface area contributed by atoms with Crippen molar-refractivity contribution in [2.75, 3.05) is 0 Å². The highest BCUT2D eigenvalue weighted by Crippen LogP contribution is 2.03. The first-order valence-electron chi connectivity index (χ1n) is 6.65. The standard InChI is InChI=1S/C14H20FN3O2/c1-3-12(4-2)16-14(20)18-17-13(19)9-10-5-7-11(15)8-6-10/h5-8,12H,3-4,9H2,1-2H3,(H,17,19)(H2,16,18,20). The molecule has 0 saturated heterocycles. The van der Waals surface area contributed by atoms with Crippen LogP contribution in [0.3, 0.4) is 0 Å². The van der Waals surface area contributed by atoms with Crippen LogP contribution in [0.2, 0.25) is 0 Å². The molecular weight excluding hydrogens is 261 g/mol. The number of benzene rings is 1. The number of nitrogens with one attached hydrogen (secondary N) is 3. The quantitative estimate of drug-likeness (QED) is 0.721. The first-order valence-corrected chi connectivity index (χ1v) is 6.65. The van der Waals surface area contributed by atoms with Gasteiger partial charge in [0.1, 0.15) is 5.82 Å². The molecule has 0 fully saturated rings. The number of carbonyl (C=O) groups is 2. The molecule has 0 aliphatic rings. The molecule has 110 valence electrons. The SMILES string of the molecule is CCC(CC)NC(=O)NNC(=O)Cc1ccc(F)cc1. The van der Waals surface area contributed by atoms with E-state index in [0.29, 0.717) is 5.56 Å². The monoisotopic (exact) mass is 281 g/mol. The number of urea groups is 1. The van der Waals surface area contributed by atoms with Gasteiger partial charge in [0.05, 0.1) is 6.42 Å². The van der Waals surface area contributed by atoms with Crippen molar-refractivity contribution < 1.29 is 14.0 Å². The summed E-state index contributed by atoms with van der Waals surface area (Å²) in [6.07, 6.45) is 1.73. The maximum atomic E-state index is 12.7. The molecule has 0 aromatic heterocycles. The Morgan fingerprint density at radius 2 is 1.70 bits per heavy atom. The fraction of sp³-hybridized carbons (Fsp3) is 0.429. The Bertz CT molecular complexity index is 444. The van der Waals surface area contributed by atoms with E-state index in [9.17, 15) is 14.0 Å². The summed E-state index contributed by atoms with van der Waals surface area (Å²) >= 11 is 0. The lowest BCUT2D eigenvalue weighted by Gasteiger charge is -2.15. The number of hydrogen-bond donors (Lipinski definition) is 3. The molecular formula is C14H20FN3O2. The molecule has 0 unspecified atom stereocenters. The van der Waals surface area contributed by atoms with Gasteiger partial charge >= 0.3 is 6.03 Å². The maximum Gasteiger partial charge on any atom is 0.333 e. The third-order valence-corrected chi connectivity index (χ3v) is 2.91. The molecule has 1 aromatic carbocycles. The zero-order valence-electron chi connectivity index (χ0n) is 11.7. The van der Waals surface area contributed by atoms with Gasteiger partial charge in [-0.15, -0.1) is 0 Å². The minimum atomic E-state index is -0.439. The van der Waals surface area contributed by atoms with Crippen LogP contribution < -0.4 is 16.2 Å². The summed E-state index contributed by atoms with van der Waals surface area (Å²) < 4.78 is 12.7. The van der Waals surface area contributed by atoms with E-state index in [1.807, 2.05) is 13.8 Å². The first-order chi connectivity index (χ1) is 9.55. The Balaban J connectivity index is 2.32. The van der Waals surface area contributed by atoms with E-state index >= 15 is 0 Å². The Morgan fingerprint density at radius 3 is 2.25 bits per heavy atom. The molecule has 0 aliphatic heterocycles. The third kappa shape index (κ3) is 5.69. The lowest BCUT2D eigenvalue weighted by atomic mass is 10.1. The maximum absolute atomic E-state index is 12.7. The van der Waals surface area contributed by atoms with E-state index in [4.69, 9.17) is 0 Å². The van der Waals surface area contributed by atoms with Gasteiger partial charge in [0.2, 0.25) is 5.91 Å². The molecule has 5 nitrogen and oxygen atoms in total. The lowest BCUT2D eigenvalue weighted by Crippen LogP contribution is -2.50. The van der Waals surface area contributed by atoms with Crippen molar-refractivity contribution >= 4 is 11.9 Å². The van der Waals surface area contributed by atoms with Crippen LogP contribution in [0.4, 0.5) is 9.18 Å². The smallest absolute Gasteiger partial charge is 0.333 e. The Morgan fingerprint density at radius 1 is 1.10 bits per heavy atom. The fourth-order valence-corrected chi connectivity index (χ4v) is 1.67. The Labute approximate surface area is 117 Å². The number of rotatable bonds is 5. The van der Waals surface area contributed by atoms with Crippen LogP contribution in [0.1, 0.15) is 32.3 Å². The third-order valence-electron chi connectivity index (χ3n) is 2.91. The lowest BCUT2D eigenvalue weighted by molar-refractivity contribution is -0.121. The van der Waals surface area contributed by atoms with Crippen LogP contribution >= 0.6 is 0 Å². The van der Waals surface area contributed by atoms with Crippen molar-refractivity contribution in [2.24, 2.45) is 0 Å². The highest BCUT2D eigenvalue weighted by molar-refractivity contribution is 5.82. The van der Waals surface area contributed by atoms with Gasteiger partial charge in [-0.3, -0.25) is 10.2 Å². The molecule has 0 heterocycles. The molecule has 1 aromatic rings. The zero-order valence-corrected chi connectivity index (χ0v) is 11.7. The molecule has 3 N–H and O–H groups in total. The average Bonchev–Trinajstić information content (AvgIpc) is 2.45. The minimum Gasteiger partial charge on any atom is -0.334 e. The second kappa shape index (κ2) is 8.14. The predicted molar refractivity (Wildman–Crippen MR) is 74.3 cm³/mol. The molecule has 0 saturated carbocycles. The van der Waals surface area contributed by atoms with Crippen LogP contribution in [0, 0.1) is 5.82 Å². The van der Waals surface area contributed by atoms with Crippen molar-refractivity contribution in [1.82, 2.24) is 16.2 Å². The Kier molecular flexibility index (Phi) is 6.49. The van der Waals surface area contributed by atoms with Crippen molar-refractivity contribution in [2.45, 2.75) is 39.2 Å². The van der Waals surface area contributed by atoms with Gasteiger partial charge in [-0.05, 0) is 30.5 Å². The molecule has 0 spiro atoms. The molecule has 6 heteroatoms. The molecule has 0 bridgehead atoms. The van der Waals surface area contributed by atoms with Gasteiger partial charge in [0.25, 0.3) is 0 Å². The van der Waals surface area contributed by atoms with Crippen LogP contribution in [0.5, 0.6) is 0 Å². The van der Waals surface area contributed by atoms with Gasteiger partial charge in [-0.1, -0.05) is 26.0 Å². The van der Waals surface area contributed by atoms with Crippen molar-refractivity contribution in [3.63, 3.8) is 0 Å². The van der Waals surface area contributed by atoms with Crippen molar-refractivity contribution in [3.05, 3.63) is 35.6 Å². The van der Waals surface area contributed by atoms with E-state index in [1.54, 1.807) is 0 Å². The molecule has 20 heavy (non-hydrogen) atoms. The minimum absolute atomic E-state index is 0.0749. The molecule has 3 amide bonds. The van der Waals surface area contributed by atoms with Gasteiger partial charge in [0, 0.05) is 6.04 Å². The summed E-state index contributed by atoms with van der Waals surface area (Å²) in [6, 6.07) is 5.28. The number of carbonyl (C=O) groups excluding carboxylic acids is 2. The average molecular weight is 281 g/mol. The van der Waals surface area contributed by atoms with E-state index in [2.05, 4.69) is 16.2 Å². The normalized spacial score (nSPS) is 10.2. The number of hydrogen-bond acceptors (Lipinski definition) is 2. The van der Waals surface area contributed by atoms with E-state index in [-0.39, 0.29) is 24.2 Å². The summed E-state index contributed by atoms with van der Waals surface area (Å²) in [5, 5.41) is 2.73. The second-order valence-corrected chi connectivity index (χ2v) is 4.46. The zero-order chi connectivity index (χ0) is 15.0. The first kappa shape index (κ1) is 15.9. The van der Waals surface area contributed by atoms with Crippen LogP contribution in [0.25, 0.3) is 0 Å². The molecule has 0 radical (unpaired) electrons. The second-order valence-electron chi connectivity index (χ2n) is 4.46. The predicted octanol–water partition coefficient (Wildman–Crippen LogP) is 1.89. The molecule has 0 aliphatic carbocycles. The van der Waals surface area contributed by atoms with Crippen molar-refractivity contribution in [3.8, 4) is 0 Å². The topological polar surface area (TPSA) is 70.2 Å². The van der Waals surface area contributed by atoms with Gasteiger partial charge in [0.15, 0.2) is 0 Å². The molecule has 0 atom stereocenters. The van der Waals surface area contributed by atoms with E-state index in [1.165, 1.54) is 24.3 Å². The molecule has 1 rings (SSSR count). The number of hydrazine groups is 1. The summed E-state index contributed by atoms with van der Waals surface area (Å²) in [7, 11) is 0. The fourth-order valence-electron chi connectivity index (χ4n) is 1.67. The highest BCUT2D eigenvalue weighted by Gasteiger charge is 2.09. The summed E-state index contributed by atoms with van der Waals surface area (Å²) in [5.41, 5.74) is 5.27. The van der Waals surface area contributed by atoms with Gasteiger partial charge in [-0.25, -0.2) is 14.6 Å². The van der Waals surface area contributed by atoms with Gasteiger partial charge in [-0.2, -0.15) is 0 Å². The number of amides is 3. The van der Waals surface area contributed by atoms with Crippen LogP contribution in [0.15, 0.2) is 24.3 Å². The van der Waals surface area contributed by atoms with E-state index in [0.717, 1.165) is 12.8 Å². The summed E-state index contributed by atoms with van der Waals surface area (Å²) in [5.74, 6) is -0.715. The van der Waals surface area contributed by atoms with Crippen molar-refractivity contribution in [1.29, 1.82) is 0 Å². The van der Waals surface area contributed by atoms with Crippen LogP contribution in [-0.4, -0.2) is 18.0 Å². The summed E-state index contributed by atoms with van der Waals surface area (Å²) in [6.45, 7) is 3.95. The summed E-state index contributed by atoms with van der Waals surface area (Å²) in [4.78, 5) is 23.1. The van der Waals surface area contributed by atoms with E-state index < -0.39 is 6.03 Å². The van der Waals surface area contributed by atoms with Gasteiger partial charge < -0.3 is 5.32 Å². The number of halogens is 1. The van der Waals surface area contributed by atoms with Crippen LogP contribution in [-0.2, 0) is 11.2 Å². The highest BCUT2D eigenvalue weighted by atomic mass is 19.1.